The highest BCUT2D eigenvalue weighted by atomic mass is 16.6. The van der Waals surface area contributed by atoms with Crippen molar-refractivity contribution in [1.82, 2.24) is 4.57 Å². The molecule has 0 fully saturated rings. The van der Waals surface area contributed by atoms with Gasteiger partial charge >= 0.3 is 5.76 Å². The van der Waals surface area contributed by atoms with Gasteiger partial charge in [0, 0.05) is 19.0 Å². The van der Waals surface area contributed by atoms with E-state index in [0.29, 0.717) is 35.7 Å². The van der Waals surface area contributed by atoms with Gasteiger partial charge in [-0.05, 0) is 55.8 Å². The van der Waals surface area contributed by atoms with Crippen molar-refractivity contribution < 1.29 is 23.6 Å². The molecule has 0 radical (unpaired) electrons. The molecule has 180 valence electrons. The minimum absolute atomic E-state index is 0.133. The molecule has 0 atom stereocenters. The Morgan fingerprint density at radius 2 is 1.83 bits per heavy atom. The average Bonchev–Trinajstić information content (AvgIpc) is 3.16. The number of ether oxygens (including phenoxy) is 2. The highest BCUT2D eigenvalue weighted by Crippen LogP contribution is 2.30. The lowest BCUT2D eigenvalue weighted by atomic mass is 10.2. The summed E-state index contributed by atoms with van der Waals surface area (Å²) in [4.78, 5) is 35.1. The van der Waals surface area contributed by atoms with Gasteiger partial charge in [0.2, 0.25) is 5.91 Å². The number of benzene rings is 3. The first-order valence-corrected chi connectivity index (χ1v) is 11.0. The number of oxazole rings is 1. The summed E-state index contributed by atoms with van der Waals surface area (Å²) in [7, 11) is 0. The molecule has 4 aromatic rings. The maximum absolute atomic E-state index is 12.6. The van der Waals surface area contributed by atoms with Crippen LogP contribution in [0.5, 0.6) is 17.2 Å². The SMILES string of the molecule is CCOc1ccc(Oc2ccccc2NC(=O)CCCn2c(=O)oc3cc([N+](=O)[O-])ccc32)cc1. The molecule has 0 unspecified atom stereocenters. The zero-order valence-electron chi connectivity index (χ0n) is 18.9. The van der Waals surface area contributed by atoms with Gasteiger partial charge in [-0.3, -0.25) is 19.5 Å². The number of nitrogens with one attached hydrogen (secondary N) is 1. The summed E-state index contributed by atoms with van der Waals surface area (Å²) in [6.45, 7) is 2.71. The van der Waals surface area contributed by atoms with Gasteiger partial charge in [0.05, 0.1) is 28.8 Å². The summed E-state index contributed by atoms with van der Waals surface area (Å²) < 4.78 is 17.8. The molecule has 1 heterocycles. The molecule has 0 saturated carbocycles. The molecule has 0 aliphatic rings. The number of aryl methyl sites for hydroxylation is 1. The second-order valence-corrected chi connectivity index (χ2v) is 7.58. The summed E-state index contributed by atoms with van der Waals surface area (Å²) in [5.41, 5.74) is 0.928. The highest BCUT2D eigenvalue weighted by Gasteiger charge is 2.15. The molecular weight excluding hydrogens is 454 g/mol. The van der Waals surface area contributed by atoms with Crippen LogP contribution < -0.4 is 20.5 Å². The minimum Gasteiger partial charge on any atom is -0.494 e. The molecule has 0 bridgehead atoms. The molecule has 4 rings (SSSR count). The number of hydrogen-bond acceptors (Lipinski definition) is 7. The number of nitro groups is 1. The molecule has 35 heavy (non-hydrogen) atoms. The first-order chi connectivity index (χ1) is 16.9. The van der Waals surface area contributed by atoms with Gasteiger partial charge < -0.3 is 19.2 Å². The lowest BCUT2D eigenvalue weighted by molar-refractivity contribution is -0.384. The van der Waals surface area contributed by atoms with Crippen LogP contribution >= 0.6 is 0 Å². The van der Waals surface area contributed by atoms with Crippen LogP contribution in [0.3, 0.4) is 0 Å². The molecule has 0 aliphatic heterocycles. The normalized spacial score (nSPS) is 10.8. The van der Waals surface area contributed by atoms with Gasteiger partial charge in [-0.1, -0.05) is 12.1 Å². The average molecular weight is 477 g/mol. The zero-order valence-corrected chi connectivity index (χ0v) is 18.9. The van der Waals surface area contributed by atoms with Crippen molar-refractivity contribution in [2.24, 2.45) is 0 Å². The third-order valence-electron chi connectivity index (χ3n) is 5.17. The van der Waals surface area contributed by atoms with Crippen LogP contribution in [-0.2, 0) is 11.3 Å². The summed E-state index contributed by atoms with van der Waals surface area (Å²) in [6, 6.07) is 18.2. The van der Waals surface area contributed by atoms with Gasteiger partial charge in [0.25, 0.3) is 5.69 Å². The Morgan fingerprint density at radius 1 is 1.09 bits per heavy atom. The van der Waals surface area contributed by atoms with Gasteiger partial charge in [-0.25, -0.2) is 4.79 Å². The molecule has 1 amide bonds. The number of para-hydroxylation sites is 2. The van der Waals surface area contributed by atoms with Crippen molar-refractivity contribution in [1.29, 1.82) is 0 Å². The zero-order chi connectivity index (χ0) is 24.8. The van der Waals surface area contributed by atoms with Crippen molar-refractivity contribution in [3.05, 3.63) is 87.4 Å². The first-order valence-electron chi connectivity index (χ1n) is 11.0. The minimum atomic E-state index is -0.630. The van der Waals surface area contributed by atoms with E-state index in [1.165, 1.54) is 22.8 Å². The third kappa shape index (κ3) is 5.67. The number of rotatable bonds is 10. The third-order valence-corrected chi connectivity index (χ3v) is 5.17. The van der Waals surface area contributed by atoms with Crippen LogP contribution in [0, 0.1) is 10.1 Å². The fourth-order valence-electron chi connectivity index (χ4n) is 3.55. The van der Waals surface area contributed by atoms with Gasteiger partial charge in [0.1, 0.15) is 11.5 Å². The van der Waals surface area contributed by atoms with Crippen molar-refractivity contribution in [3.8, 4) is 17.2 Å². The summed E-state index contributed by atoms with van der Waals surface area (Å²) in [5.74, 6) is 0.952. The number of non-ortho nitro benzene ring substituents is 1. The molecular formula is C25H23N3O7. The topological polar surface area (TPSA) is 126 Å². The maximum Gasteiger partial charge on any atom is 0.419 e. The van der Waals surface area contributed by atoms with Crippen molar-refractivity contribution >= 4 is 28.4 Å². The quantitative estimate of drug-likeness (QED) is 0.248. The number of anilines is 1. The predicted octanol–water partition coefficient (Wildman–Crippen LogP) is 5.11. The highest BCUT2D eigenvalue weighted by molar-refractivity contribution is 5.92. The lowest BCUT2D eigenvalue weighted by Crippen LogP contribution is -2.17. The molecule has 0 spiro atoms. The molecule has 3 aromatic carbocycles. The number of carbonyl (C=O) groups excluding carboxylic acids is 1. The Labute approximate surface area is 199 Å². The van der Waals surface area contributed by atoms with E-state index in [2.05, 4.69) is 5.32 Å². The largest absolute Gasteiger partial charge is 0.494 e. The van der Waals surface area contributed by atoms with E-state index < -0.39 is 10.7 Å². The van der Waals surface area contributed by atoms with Crippen LogP contribution in [0.15, 0.2) is 75.9 Å². The van der Waals surface area contributed by atoms with E-state index in [9.17, 15) is 19.7 Å². The van der Waals surface area contributed by atoms with Crippen LogP contribution in [0.2, 0.25) is 0 Å². The summed E-state index contributed by atoms with van der Waals surface area (Å²) in [6.07, 6.45) is 0.503. The Bertz CT molecular complexity index is 1410. The van der Waals surface area contributed by atoms with E-state index in [-0.39, 0.29) is 30.1 Å². The first kappa shape index (κ1) is 23.6. The Hall–Kier alpha value is -4.60. The summed E-state index contributed by atoms with van der Waals surface area (Å²) in [5, 5.41) is 13.8. The molecule has 10 heteroatoms. The number of carbonyl (C=O) groups is 1. The molecule has 10 nitrogen and oxygen atoms in total. The van der Waals surface area contributed by atoms with E-state index in [1.54, 1.807) is 48.5 Å². The smallest absolute Gasteiger partial charge is 0.419 e. The molecule has 1 N–H and O–H groups in total. The van der Waals surface area contributed by atoms with Crippen molar-refractivity contribution in [2.45, 2.75) is 26.3 Å². The van der Waals surface area contributed by atoms with E-state index >= 15 is 0 Å². The fraction of sp³-hybridized carbons (Fsp3) is 0.200. The monoisotopic (exact) mass is 477 g/mol. The Kier molecular flexibility index (Phi) is 7.10. The number of nitrogens with zero attached hydrogens (tertiary/aromatic N) is 2. The number of amides is 1. The van der Waals surface area contributed by atoms with Crippen LogP contribution in [0.1, 0.15) is 19.8 Å². The van der Waals surface area contributed by atoms with E-state index in [0.717, 1.165) is 5.75 Å². The second kappa shape index (κ2) is 10.6. The van der Waals surface area contributed by atoms with Gasteiger partial charge in [0.15, 0.2) is 11.3 Å². The Morgan fingerprint density at radius 3 is 2.57 bits per heavy atom. The van der Waals surface area contributed by atoms with Crippen LogP contribution in [-0.4, -0.2) is 22.0 Å². The number of hydrogen-bond donors (Lipinski definition) is 1. The predicted molar refractivity (Wildman–Crippen MR) is 129 cm³/mol. The van der Waals surface area contributed by atoms with Gasteiger partial charge in [-0.15, -0.1) is 0 Å². The maximum atomic E-state index is 12.6. The number of aromatic nitrogens is 1. The summed E-state index contributed by atoms with van der Waals surface area (Å²) >= 11 is 0. The fourth-order valence-corrected chi connectivity index (χ4v) is 3.55. The number of fused-ring (bicyclic) bond motifs is 1. The van der Waals surface area contributed by atoms with Gasteiger partial charge in [-0.2, -0.15) is 0 Å². The van der Waals surface area contributed by atoms with Crippen LogP contribution in [0.25, 0.3) is 11.1 Å². The Balaban J connectivity index is 1.37. The lowest BCUT2D eigenvalue weighted by Gasteiger charge is -2.13. The molecule has 0 saturated heterocycles. The number of nitro benzene ring substituents is 1. The second-order valence-electron chi connectivity index (χ2n) is 7.58. The van der Waals surface area contributed by atoms with Crippen molar-refractivity contribution in [2.75, 3.05) is 11.9 Å². The van der Waals surface area contributed by atoms with Crippen molar-refractivity contribution in [3.63, 3.8) is 0 Å². The standard InChI is InChI=1S/C25H23N3O7/c1-2-33-18-10-12-19(13-11-18)34-22-7-4-3-6-20(22)26-24(29)8-5-15-27-21-14-9-17(28(31)32)16-23(21)35-25(27)30/h3-4,6-7,9-14,16H,2,5,8,15H2,1H3,(H,26,29). The van der Waals surface area contributed by atoms with E-state index in [4.69, 9.17) is 13.9 Å². The molecule has 0 aliphatic carbocycles. The van der Waals surface area contributed by atoms with E-state index in [1.807, 2.05) is 6.92 Å². The molecule has 1 aromatic heterocycles. The van der Waals surface area contributed by atoms with Crippen LogP contribution in [0.4, 0.5) is 11.4 Å².